The van der Waals surface area contributed by atoms with Crippen LogP contribution in [-0.2, 0) is 19.6 Å². The van der Waals surface area contributed by atoms with Gasteiger partial charge >= 0.3 is 5.97 Å². The third-order valence-electron chi connectivity index (χ3n) is 6.88. The van der Waals surface area contributed by atoms with E-state index in [1.54, 1.807) is 24.3 Å². The largest absolute Gasteiger partial charge is 0.458 e. The molecule has 7 heteroatoms. The van der Waals surface area contributed by atoms with E-state index in [0.29, 0.717) is 5.71 Å². The summed E-state index contributed by atoms with van der Waals surface area (Å²) in [6.45, 7) is 7.33. The number of hydrogen-bond acceptors (Lipinski definition) is 5. The molecule has 0 aliphatic heterocycles. The molecule has 39 heavy (non-hydrogen) atoms. The van der Waals surface area contributed by atoms with Crippen LogP contribution < -0.4 is 4.72 Å². The van der Waals surface area contributed by atoms with Crippen LogP contribution >= 0.6 is 0 Å². The maximum absolute atomic E-state index is 13.9. The number of hydrogen-bond donors (Lipinski definition) is 1. The molecule has 0 amide bonds. The Morgan fingerprint density at radius 1 is 0.872 bits per heavy atom. The quantitative estimate of drug-likeness (QED) is 0.260. The number of benzene rings is 3. The van der Waals surface area contributed by atoms with Crippen molar-refractivity contribution >= 4 is 21.7 Å². The number of aliphatic imine (C=N–C) groups is 1. The molecule has 3 aromatic rings. The first-order chi connectivity index (χ1) is 18.5. The lowest BCUT2D eigenvalue weighted by Crippen LogP contribution is -2.51. The molecular formula is C32H38N2O4S. The Labute approximate surface area is 232 Å². The molecule has 6 nitrogen and oxygen atoms in total. The minimum Gasteiger partial charge on any atom is -0.458 e. The van der Waals surface area contributed by atoms with Crippen molar-refractivity contribution in [3.8, 4) is 0 Å². The second kappa shape index (κ2) is 12.3. The maximum atomic E-state index is 13.9. The average molecular weight is 547 g/mol. The lowest BCUT2D eigenvalue weighted by Gasteiger charge is -2.31. The Bertz CT molecular complexity index is 1330. The van der Waals surface area contributed by atoms with Crippen LogP contribution in [0.25, 0.3) is 0 Å². The highest BCUT2D eigenvalue weighted by Crippen LogP contribution is 2.32. The van der Waals surface area contributed by atoms with Gasteiger partial charge in [0.25, 0.3) is 0 Å². The number of nitrogens with one attached hydrogen (secondary N) is 1. The Morgan fingerprint density at radius 3 is 1.87 bits per heavy atom. The molecule has 0 spiro atoms. The molecule has 1 fully saturated rings. The van der Waals surface area contributed by atoms with Crippen LogP contribution in [0.2, 0.25) is 0 Å². The van der Waals surface area contributed by atoms with Gasteiger partial charge in [0.1, 0.15) is 5.60 Å². The topological polar surface area (TPSA) is 84.8 Å². The third-order valence-corrected chi connectivity index (χ3v) is 8.36. The van der Waals surface area contributed by atoms with Crippen LogP contribution in [0.3, 0.4) is 0 Å². The first kappa shape index (κ1) is 28.7. The summed E-state index contributed by atoms with van der Waals surface area (Å²) in [5.41, 5.74) is 2.49. The van der Waals surface area contributed by atoms with Crippen LogP contribution in [0, 0.1) is 12.8 Å². The lowest BCUT2D eigenvalue weighted by molar-refractivity contribution is -0.157. The normalized spacial score (nSPS) is 15.9. The molecule has 1 aliphatic carbocycles. The third kappa shape index (κ3) is 7.64. The van der Waals surface area contributed by atoms with Gasteiger partial charge in [0.15, 0.2) is 6.04 Å². The van der Waals surface area contributed by atoms with Crippen molar-refractivity contribution in [1.29, 1.82) is 0 Å². The summed E-state index contributed by atoms with van der Waals surface area (Å²) in [6.07, 6.45) is 3.56. The Kier molecular flexibility index (Phi) is 9.03. The van der Waals surface area contributed by atoms with Gasteiger partial charge in [-0.3, -0.25) is 4.99 Å². The molecule has 0 saturated heterocycles. The number of aryl methyl sites for hydroxylation is 1. The smallest absolute Gasteiger partial charge is 0.333 e. The standard InChI is InChI=1S/C32H38N2O4S/c1-23-19-21-27(22-20-23)39(36,37)34-29(26-17-11-12-18-26)30(31(35)38-32(2,3)4)33-28(24-13-7-5-8-14-24)25-15-9-6-10-16-25/h5-10,13-16,19-22,26,29-30,34H,11-12,17-18H2,1-4H3/t29-,30+/m1/s1. The van der Waals surface area contributed by atoms with Gasteiger partial charge in [-0.25, -0.2) is 17.9 Å². The maximum Gasteiger partial charge on any atom is 0.333 e. The van der Waals surface area contributed by atoms with Crippen molar-refractivity contribution in [2.75, 3.05) is 0 Å². The van der Waals surface area contributed by atoms with Crippen LogP contribution in [0.5, 0.6) is 0 Å². The van der Waals surface area contributed by atoms with Gasteiger partial charge in [0.05, 0.1) is 16.6 Å². The van der Waals surface area contributed by atoms with E-state index in [1.165, 1.54) is 0 Å². The second-order valence-electron chi connectivity index (χ2n) is 11.2. The van der Waals surface area contributed by atoms with E-state index in [1.807, 2.05) is 88.4 Å². The molecular weight excluding hydrogens is 508 g/mol. The minimum atomic E-state index is -3.93. The van der Waals surface area contributed by atoms with E-state index in [0.717, 1.165) is 42.4 Å². The Morgan fingerprint density at radius 2 is 1.38 bits per heavy atom. The molecule has 0 unspecified atom stereocenters. The van der Waals surface area contributed by atoms with Gasteiger partial charge in [0.2, 0.25) is 10.0 Å². The highest BCUT2D eigenvalue weighted by atomic mass is 32.2. The molecule has 0 bridgehead atoms. The number of sulfonamides is 1. The number of nitrogens with zero attached hydrogens (tertiary/aromatic N) is 1. The van der Waals surface area contributed by atoms with Crippen molar-refractivity contribution in [3.63, 3.8) is 0 Å². The van der Waals surface area contributed by atoms with Gasteiger partial charge in [-0.15, -0.1) is 0 Å². The molecule has 0 radical (unpaired) electrons. The van der Waals surface area contributed by atoms with Crippen molar-refractivity contribution < 1.29 is 17.9 Å². The molecule has 0 aromatic heterocycles. The van der Waals surface area contributed by atoms with Crippen LogP contribution in [0.4, 0.5) is 0 Å². The van der Waals surface area contributed by atoms with E-state index in [2.05, 4.69) is 4.72 Å². The van der Waals surface area contributed by atoms with E-state index in [4.69, 9.17) is 9.73 Å². The summed E-state index contributed by atoms with van der Waals surface area (Å²) in [6, 6.07) is 24.2. The van der Waals surface area contributed by atoms with E-state index < -0.39 is 33.7 Å². The zero-order valence-corrected chi connectivity index (χ0v) is 23.9. The molecule has 206 valence electrons. The van der Waals surface area contributed by atoms with Crippen LogP contribution in [0.1, 0.15) is 63.1 Å². The van der Waals surface area contributed by atoms with Crippen molar-refractivity contribution in [1.82, 2.24) is 4.72 Å². The Hall–Kier alpha value is -3.29. The number of rotatable bonds is 9. The zero-order chi connectivity index (χ0) is 28.0. The molecule has 1 aliphatic rings. The number of carbonyl (C=O) groups is 1. The molecule has 0 heterocycles. The predicted octanol–water partition coefficient (Wildman–Crippen LogP) is 6.08. The lowest BCUT2D eigenvalue weighted by atomic mass is 9.92. The van der Waals surface area contributed by atoms with Crippen LogP contribution in [-0.4, -0.2) is 37.8 Å². The van der Waals surface area contributed by atoms with Crippen LogP contribution in [0.15, 0.2) is 94.8 Å². The van der Waals surface area contributed by atoms with Crippen molar-refractivity contribution in [2.24, 2.45) is 10.9 Å². The van der Waals surface area contributed by atoms with Gasteiger partial charge < -0.3 is 4.74 Å². The summed E-state index contributed by atoms with van der Waals surface area (Å²) in [5, 5.41) is 0. The van der Waals surface area contributed by atoms with E-state index in [9.17, 15) is 13.2 Å². The van der Waals surface area contributed by atoms with Gasteiger partial charge in [-0.05, 0) is 58.6 Å². The molecule has 3 aromatic carbocycles. The summed E-state index contributed by atoms with van der Waals surface area (Å²) in [4.78, 5) is 19.1. The first-order valence-electron chi connectivity index (χ1n) is 13.5. The Balaban J connectivity index is 1.86. The minimum absolute atomic E-state index is 0.0562. The highest BCUT2D eigenvalue weighted by molar-refractivity contribution is 7.89. The fourth-order valence-electron chi connectivity index (χ4n) is 4.99. The summed E-state index contributed by atoms with van der Waals surface area (Å²) < 4.78 is 36.1. The van der Waals surface area contributed by atoms with Gasteiger partial charge in [0, 0.05) is 11.1 Å². The number of ether oxygens (including phenoxy) is 1. The fraction of sp³-hybridized carbons (Fsp3) is 0.375. The number of carbonyl (C=O) groups excluding carboxylic acids is 1. The SMILES string of the molecule is Cc1ccc(S(=O)(=O)N[C@H](C2CCCC2)[C@H](N=C(c2ccccc2)c2ccccc2)C(=O)OC(C)(C)C)cc1. The van der Waals surface area contributed by atoms with Crippen molar-refractivity contribution in [3.05, 3.63) is 102 Å². The predicted molar refractivity (Wildman–Crippen MR) is 155 cm³/mol. The average Bonchev–Trinajstić information content (AvgIpc) is 3.43. The first-order valence-corrected chi connectivity index (χ1v) is 15.0. The monoisotopic (exact) mass is 546 g/mol. The van der Waals surface area contributed by atoms with Crippen molar-refractivity contribution in [2.45, 2.75) is 76.0 Å². The molecule has 2 atom stereocenters. The number of esters is 1. The summed E-state index contributed by atoms with van der Waals surface area (Å²) in [5.74, 6) is -0.602. The molecule has 1 saturated carbocycles. The molecule has 4 rings (SSSR count). The zero-order valence-electron chi connectivity index (χ0n) is 23.1. The van der Waals surface area contributed by atoms with Gasteiger partial charge in [-0.2, -0.15) is 0 Å². The second-order valence-corrected chi connectivity index (χ2v) is 12.9. The van der Waals surface area contributed by atoms with Gasteiger partial charge in [-0.1, -0.05) is 91.2 Å². The summed E-state index contributed by atoms with van der Waals surface area (Å²) in [7, 11) is -3.93. The van der Waals surface area contributed by atoms with E-state index in [-0.39, 0.29) is 10.8 Å². The van der Waals surface area contributed by atoms with E-state index >= 15 is 0 Å². The molecule has 1 N–H and O–H groups in total. The fourth-order valence-corrected chi connectivity index (χ4v) is 6.30. The summed E-state index contributed by atoms with van der Waals surface area (Å²) >= 11 is 0. The highest BCUT2D eigenvalue weighted by Gasteiger charge is 2.41.